The molecular formula is C24H26ClN3O6. The minimum Gasteiger partial charge on any atom is -0.445 e. The number of morpholine rings is 1. The van der Waals surface area contributed by atoms with Gasteiger partial charge in [-0.15, -0.1) is 0 Å². The van der Waals surface area contributed by atoms with Crippen molar-refractivity contribution in [3.8, 4) is 0 Å². The molecule has 2 aliphatic heterocycles. The van der Waals surface area contributed by atoms with Crippen LogP contribution in [0.25, 0.3) is 6.08 Å². The molecule has 10 heteroatoms. The summed E-state index contributed by atoms with van der Waals surface area (Å²) in [5, 5.41) is 3.10. The van der Waals surface area contributed by atoms with E-state index in [1.165, 1.54) is 17.1 Å². The average Bonchev–Trinajstić information content (AvgIpc) is 3.45. The summed E-state index contributed by atoms with van der Waals surface area (Å²) in [6, 6.07) is 9.57. The maximum Gasteiger partial charge on any atom is 0.253 e. The van der Waals surface area contributed by atoms with Crippen LogP contribution in [-0.2, 0) is 23.9 Å². The molecular weight excluding hydrogens is 462 g/mol. The summed E-state index contributed by atoms with van der Waals surface area (Å²) in [6.07, 6.45) is 3.04. The van der Waals surface area contributed by atoms with Gasteiger partial charge in [0.05, 0.1) is 12.7 Å². The quantitative estimate of drug-likeness (QED) is 0.602. The van der Waals surface area contributed by atoms with Crippen LogP contribution < -0.4 is 10.2 Å². The molecule has 1 N–H and O–H groups in total. The molecule has 2 aromatic rings. The number of nitrogens with one attached hydrogen (secondary N) is 1. The van der Waals surface area contributed by atoms with E-state index in [9.17, 15) is 14.4 Å². The number of anilines is 2. The number of carbonyl (C=O) groups is 3. The minimum atomic E-state index is -0.686. The Morgan fingerprint density at radius 1 is 1.24 bits per heavy atom. The largest absolute Gasteiger partial charge is 0.445 e. The lowest BCUT2D eigenvalue weighted by atomic mass is 10.1. The highest BCUT2D eigenvalue weighted by Gasteiger charge is 2.39. The van der Waals surface area contributed by atoms with Crippen LogP contribution in [0.2, 0.25) is 5.22 Å². The Bertz CT molecular complexity index is 1070. The molecule has 4 rings (SSSR count). The molecule has 2 aliphatic rings. The van der Waals surface area contributed by atoms with Crippen molar-refractivity contribution < 1.29 is 28.3 Å². The molecule has 0 radical (unpaired) electrons. The van der Waals surface area contributed by atoms with E-state index in [0.29, 0.717) is 44.2 Å². The van der Waals surface area contributed by atoms with Crippen molar-refractivity contribution in [2.24, 2.45) is 0 Å². The van der Waals surface area contributed by atoms with Crippen molar-refractivity contribution in [1.29, 1.82) is 0 Å². The first-order valence-electron chi connectivity index (χ1n) is 11.1. The van der Waals surface area contributed by atoms with Gasteiger partial charge in [-0.3, -0.25) is 14.4 Å². The summed E-state index contributed by atoms with van der Waals surface area (Å²) >= 11 is 5.77. The molecule has 2 fully saturated rings. The molecule has 180 valence electrons. The summed E-state index contributed by atoms with van der Waals surface area (Å²) in [5.74, 6) is -0.287. The smallest absolute Gasteiger partial charge is 0.253 e. The number of carbonyl (C=O) groups excluding carboxylic acids is 3. The van der Waals surface area contributed by atoms with Gasteiger partial charge in [-0.2, -0.15) is 0 Å². The van der Waals surface area contributed by atoms with Crippen molar-refractivity contribution in [3.05, 3.63) is 53.5 Å². The predicted octanol–water partition coefficient (Wildman–Crippen LogP) is 2.95. The molecule has 2 saturated heterocycles. The SMILES string of the molecule is CCO[C@@H]1C[C@H](C(=O)Nc2ccc(N3CCOCC3=O)cc2)N(C(=O)/C=C/c2ccc(Cl)o2)C1. The summed E-state index contributed by atoms with van der Waals surface area (Å²) in [5.41, 5.74) is 1.31. The highest BCUT2D eigenvalue weighted by molar-refractivity contribution is 6.28. The minimum absolute atomic E-state index is 0.0619. The molecule has 1 aromatic carbocycles. The molecule has 0 saturated carbocycles. The molecule has 1 aromatic heterocycles. The van der Waals surface area contributed by atoms with Crippen LogP contribution in [0.15, 0.2) is 46.9 Å². The van der Waals surface area contributed by atoms with Crippen molar-refractivity contribution in [3.63, 3.8) is 0 Å². The van der Waals surface area contributed by atoms with E-state index in [4.69, 9.17) is 25.5 Å². The van der Waals surface area contributed by atoms with Gasteiger partial charge in [0.25, 0.3) is 5.91 Å². The molecule has 34 heavy (non-hydrogen) atoms. The zero-order valence-electron chi connectivity index (χ0n) is 18.7. The Labute approximate surface area is 202 Å². The molecule has 0 spiro atoms. The zero-order valence-corrected chi connectivity index (χ0v) is 19.5. The fourth-order valence-electron chi connectivity index (χ4n) is 4.05. The summed E-state index contributed by atoms with van der Waals surface area (Å²) in [4.78, 5) is 41.1. The van der Waals surface area contributed by atoms with Crippen LogP contribution in [0.5, 0.6) is 0 Å². The third-order valence-corrected chi connectivity index (χ3v) is 5.87. The molecule has 3 heterocycles. The van der Waals surface area contributed by atoms with Crippen molar-refractivity contribution in [2.75, 3.05) is 43.1 Å². The van der Waals surface area contributed by atoms with Gasteiger partial charge in [0.2, 0.25) is 11.8 Å². The van der Waals surface area contributed by atoms with Crippen LogP contribution in [0.3, 0.4) is 0 Å². The van der Waals surface area contributed by atoms with Crippen LogP contribution in [-0.4, -0.2) is 67.7 Å². The number of likely N-dealkylation sites (tertiary alicyclic amines) is 1. The maximum atomic E-state index is 13.1. The lowest BCUT2D eigenvalue weighted by Crippen LogP contribution is -2.42. The lowest BCUT2D eigenvalue weighted by Gasteiger charge is -2.27. The van der Waals surface area contributed by atoms with Crippen LogP contribution in [0.1, 0.15) is 19.1 Å². The lowest BCUT2D eigenvalue weighted by molar-refractivity contribution is -0.132. The van der Waals surface area contributed by atoms with E-state index < -0.39 is 6.04 Å². The van der Waals surface area contributed by atoms with E-state index in [1.807, 2.05) is 6.92 Å². The number of benzene rings is 1. The van der Waals surface area contributed by atoms with Crippen molar-refractivity contribution >= 4 is 46.8 Å². The number of hydrogen-bond donors (Lipinski definition) is 1. The molecule has 0 bridgehead atoms. The predicted molar refractivity (Wildman–Crippen MR) is 127 cm³/mol. The summed E-state index contributed by atoms with van der Waals surface area (Å²) in [6.45, 7) is 3.71. The monoisotopic (exact) mass is 487 g/mol. The standard InChI is InChI=1S/C24H26ClN3O6/c1-2-33-19-13-20(28(14-19)22(29)10-8-18-7-9-21(25)34-18)24(31)26-16-3-5-17(6-4-16)27-11-12-32-15-23(27)30/h3-10,19-20H,2,11-15H2,1H3,(H,26,31)/b10-8+/t19-,20-/m1/s1. The van der Waals surface area contributed by atoms with Gasteiger partial charge in [0.15, 0.2) is 5.22 Å². The Hall–Kier alpha value is -3.14. The van der Waals surface area contributed by atoms with Crippen LogP contribution >= 0.6 is 11.6 Å². The van der Waals surface area contributed by atoms with E-state index >= 15 is 0 Å². The van der Waals surface area contributed by atoms with Gasteiger partial charge in [-0.05, 0) is 61.0 Å². The first kappa shape index (κ1) is 24.0. The van der Waals surface area contributed by atoms with Crippen LogP contribution in [0.4, 0.5) is 11.4 Å². The molecule has 2 atom stereocenters. The highest BCUT2D eigenvalue weighted by Crippen LogP contribution is 2.25. The maximum absolute atomic E-state index is 13.1. The van der Waals surface area contributed by atoms with Gasteiger partial charge < -0.3 is 29.0 Å². The summed E-state index contributed by atoms with van der Waals surface area (Å²) in [7, 11) is 0. The molecule has 0 aliphatic carbocycles. The van der Waals surface area contributed by atoms with Crippen LogP contribution in [0, 0.1) is 0 Å². The molecule has 9 nitrogen and oxygen atoms in total. The second-order valence-corrected chi connectivity index (χ2v) is 8.30. The average molecular weight is 488 g/mol. The van der Waals surface area contributed by atoms with E-state index in [1.54, 1.807) is 41.3 Å². The number of rotatable bonds is 7. The Morgan fingerprint density at radius 2 is 2.03 bits per heavy atom. The van der Waals surface area contributed by atoms with Gasteiger partial charge in [0.1, 0.15) is 18.4 Å². The van der Waals surface area contributed by atoms with Gasteiger partial charge in [-0.25, -0.2) is 0 Å². The number of ether oxygens (including phenoxy) is 2. The second kappa shape index (κ2) is 10.9. The second-order valence-electron chi connectivity index (χ2n) is 7.93. The number of nitrogens with zero attached hydrogens (tertiary/aromatic N) is 2. The molecule has 3 amide bonds. The normalized spacial score (nSPS) is 20.8. The number of furan rings is 1. The Kier molecular flexibility index (Phi) is 7.66. The van der Waals surface area contributed by atoms with E-state index in [2.05, 4.69) is 5.32 Å². The number of amides is 3. The Balaban J connectivity index is 1.43. The van der Waals surface area contributed by atoms with Gasteiger partial charge in [-0.1, -0.05) is 0 Å². The zero-order chi connectivity index (χ0) is 24.1. The van der Waals surface area contributed by atoms with Gasteiger partial charge >= 0.3 is 0 Å². The molecule has 0 unspecified atom stereocenters. The summed E-state index contributed by atoms with van der Waals surface area (Å²) < 4.78 is 16.1. The van der Waals surface area contributed by atoms with Crippen molar-refractivity contribution in [1.82, 2.24) is 4.90 Å². The fraction of sp³-hybridized carbons (Fsp3) is 0.375. The Morgan fingerprint density at radius 3 is 2.71 bits per heavy atom. The highest BCUT2D eigenvalue weighted by atomic mass is 35.5. The van der Waals surface area contributed by atoms with Crippen molar-refractivity contribution in [2.45, 2.75) is 25.5 Å². The van der Waals surface area contributed by atoms with E-state index in [-0.39, 0.29) is 35.7 Å². The topological polar surface area (TPSA) is 101 Å². The third kappa shape index (κ3) is 5.67. The first-order chi connectivity index (χ1) is 16.4. The fourth-order valence-corrected chi connectivity index (χ4v) is 4.21. The number of halogens is 1. The van der Waals surface area contributed by atoms with Gasteiger partial charge in [0, 0.05) is 43.6 Å². The number of hydrogen-bond acceptors (Lipinski definition) is 6. The first-order valence-corrected chi connectivity index (χ1v) is 11.5. The third-order valence-electron chi connectivity index (χ3n) is 5.67. The van der Waals surface area contributed by atoms with E-state index in [0.717, 1.165) is 5.69 Å².